The van der Waals surface area contributed by atoms with E-state index in [1.165, 1.54) is 19.4 Å². The van der Waals surface area contributed by atoms with E-state index in [2.05, 4.69) is 44.8 Å². The third-order valence-corrected chi connectivity index (χ3v) is 2.95. The van der Waals surface area contributed by atoms with Gasteiger partial charge in [-0.15, -0.1) is 0 Å². The molecule has 0 saturated heterocycles. The number of nitrogens with zero attached hydrogens (tertiary/aromatic N) is 1. The number of nitrogens with one attached hydrogen (secondary N) is 1. The summed E-state index contributed by atoms with van der Waals surface area (Å²) in [4.78, 5) is 2.50. The zero-order valence-corrected chi connectivity index (χ0v) is 10.6. The molecule has 0 unspecified atom stereocenters. The van der Waals surface area contributed by atoms with Crippen molar-refractivity contribution < 1.29 is 0 Å². The lowest BCUT2D eigenvalue weighted by molar-refractivity contribution is 0.230. The Hall–Kier alpha value is -0.0800. The first-order valence-electron chi connectivity index (χ1n) is 6.13. The Bertz CT molecular complexity index is 119. The molecule has 2 heteroatoms. The Balaban J connectivity index is 3.59. The van der Waals surface area contributed by atoms with Gasteiger partial charge in [0.05, 0.1) is 0 Å². The van der Waals surface area contributed by atoms with Gasteiger partial charge in [0.15, 0.2) is 0 Å². The lowest BCUT2D eigenvalue weighted by atomic mass is 10.2. The molecule has 0 amide bonds. The Labute approximate surface area is 90.1 Å². The van der Waals surface area contributed by atoms with Gasteiger partial charge in [-0.05, 0) is 33.2 Å². The maximum atomic E-state index is 3.60. The van der Waals surface area contributed by atoms with Gasteiger partial charge in [0.2, 0.25) is 0 Å². The van der Waals surface area contributed by atoms with Gasteiger partial charge in [0.1, 0.15) is 0 Å². The van der Waals surface area contributed by atoms with Gasteiger partial charge in [0, 0.05) is 25.2 Å². The highest BCUT2D eigenvalue weighted by Crippen LogP contribution is 1.98. The molecule has 0 rings (SSSR count). The third-order valence-electron chi connectivity index (χ3n) is 2.95. The van der Waals surface area contributed by atoms with Gasteiger partial charge in [-0.1, -0.05) is 20.8 Å². The van der Waals surface area contributed by atoms with Crippen molar-refractivity contribution in [1.29, 1.82) is 0 Å². The number of hydrogen-bond acceptors (Lipinski definition) is 2. The van der Waals surface area contributed by atoms with Crippen LogP contribution in [0.2, 0.25) is 0 Å². The predicted molar refractivity (Wildman–Crippen MR) is 64.8 cm³/mol. The lowest BCUT2D eigenvalue weighted by Crippen LogP contribution is -2.39. The Kier molecular flexibility index (Phi) is 8.20. The molecular formula is C12H28N2. The van der Waals surface area contributed by atoms with E-state index in [-0.39, 0.29) is 0 Å². The van der Waals surface area contributed by atoms with Gasteiger partial charge >= 0.3 is 0 Å². The van der Waals surface area contributed by atoms with Crippen LogP contribution in [0.25, 0.3) is 0 Å². The lowest BCUT2D eigenvalue weighted by Gasteiger charge is -2.26. The Morgan fingerprint density at radius 1 is 1.07 bits per heavy atom. The van der Waals surface area contributed by atoms with Crippen molar-refractivity contribution in [3.63, 3.8) is 0 Å². The van der Waals surface area contributed by atoms with E-state index in [1.54, 1.807) is 0 Å². The normalized spacial score (nSPS) is 12.0. The SMILES string of the molecule is CCC(CC)NCCN(CC)C(C)C. The van der Waals surface area contributed by atoms with Crippen LogP contribution in [0.1, 0.15) is 47.5 Å². The van der Waals surface area contributed by atoms with Crippen molar-refractivity contribution >= 4 is 0 Å². The fourth-order valence-electron chi connectivity index (χ4n) is 1.77. The molecule has 0 aliphatic heterocycles. The maximum Gasteiger partial charge on any atom is 0.0110 e. The standard InChI is InChI=1S/C12H28N2/c1-6-12(7-2)13-9-10-14(8-3)11(4)5/h11-13H,6-10H2,1-5H3. The minimum atomic E-state index is 0.670. The minimum Gasteiger partial charge on any atom is -0.313 e. The summed E-state index contributed by atoms with van der Waals surface area (Å²) < 4.78 is 0. The van der Waals surface area contributed by atoms with Crippen LogP contribution in [-0.2, 0) is 0 Å². The molecule has 14 heavy (non-hydrogen) atoms. The van der Waals surface area contributed by atoms with Crippen molar-refractivity contribution in [2.45, 2.75) is 59.5 Å². The fraction of sp³-hybridized carbons (Fsp3) is 1.00. The molecule has 0 radical (unpaired) electrons. The van der Waals surface area contributed by atoms with Crippen LogP contribution in [-0.4, -0.2) is 36.6 Å². The van der Waals surface area contributed by atoms with Gasteiger partial charge in [-0.25, -0.2) is 0 Å². The molecule has 0 bridgehead atoms. The quantitative estimate of drug-likeness (QED) is 0.647. The van der Waals surface area contributed by atoms with Crippen LogP contribution in [0, 0.1) is 0 Å². The molecule has 0 aromatic carbocycles. The van der Waals surface area contributed by atoms with E-state index in [0.29, 0.717) is 12.1 Å². The zero-order valence-electron chi connectivity index (χ0n) is 10.6. The van der Waals surface area contributed by atoms with Crippen molar-refractivity contribution in [2.75, 3.05) is 19.6 Å². The summed E-state index contributed by atoms with van der Waals surface area (Å²) in [5, 5.41) is 3.60. The summed E-state index contributed by atoms with van der Waals surface area (Å²) in [6.07, 6.45) is 2.48. The number of hydrogen-bond donors (Lipinski definition) is 1. The first-order chi connectivity index (χ1) is 6.65. The number of likely N-dealkylation sites (N-methyl/N-ethyl adjacent to an activating group) is 1. The van der Waals surface area contributed by atoms with E-state index in [1.807, 2.05) is 0 Å². The molecule has 0 saturated carbocycles. The molecule has 0 fully saturated rings. The minimum absolute atomic E-state index is 0.670. The molecule has 0 aromatic rings. The van der Waals surface area contributed by atoms with Crippen LogP contribution in [0.4, 0.5) is 0 Å². The van der Waals surface area contributed by atoms with Crippen LogP contribution in [0.3, 0.4) is 0 Å². The van der Waals surface area contributed by atoms with Gasteiger partial charge in [-0.2, -0.15) is 0 Å². The summed E-state index contributed by atoms with van der Waals surface area (Å²) >= 11 is 0. The highest BCUT2D eigenvalue weighted by molar-refractivity contribution is 4.66. The van der Waals surface area contributed by atoms with Gasteiger partial charge < -0.3 is 5.32 Å². The van der Waals surface area contributed by atoms with Crippen LogP contribution < -0.4 is 5.32 Å². The second kappa shape index (κ2) is 8.25. The second-order valence-corrected chi connectivity index (χ2v) is 4.19. The van der Waals surface area contributed by atoms with Crippen LogP contribution in [0.15, 0.2) is 0 Å². The van der Waals surface area contributed by atoms with Gasteiger partial charge in [0.25, 0.3) is 0 Å². The van der Waals surface area contributed by atoms with Crippen molar-refractivity contribution in [2.24, 2.45) is 0 Å². The van der Waals surface area contributed by atoms with Crippen LogP contribution in [0.5, 0.6) is 0 Å². The van der Waals surface area contributed by atoms with E-state index in [0.717, 1.165) is 13.1 Å². The first-order valence-corrected chi connectivity index (χ1v) is 6.13. The largest absolute Gasteiger partial charge is 0.313 e. The zero-order chi connectivity index (χ0) is 11.0. The fourth-order valence-corrected chi connectivity index (χ4v) is 1.77. The molecule has 0 atom stereocenters. The topological polar surface area (TPSA) is 15.3 Å². The summed E-state index contributed by atoms with van der Waals surface area (Å²) in [7, 11) is 0. The van der Waals surface area contributed by atoms with Crippen molar-refractivity contribution in [3.8, 4) is 0 Å². The molecule has 0 spiro atoms. The van der Waals surface area contributed by atoms with Gasteiger partial charge in [-0.3, -0.25) is 4.90 Å². The Morgan fingerprint density at radius 3 is 2.00 bits per heavy atom. The maximum absolute atomic E-state index is 3.60. The van der Waals surface area contributed by atoms with Crippen molar-refractivity contribution in [1.82, 2.24) is 10.2 Å². The summed E-state index contributed by atoms with van der Waals surface area (Å²) in [5.41, 5.74) is 0. The molecule has 0 aromatic heterocycles. The highest BCUT2D eigenvalue weighted by atomic mass is 15.2. The van der Waals surface area contributed by atoms with Crippen molar-refractivity contribution in [3.05, 3.63) is 0 Å². The second-order valence-electron chi connectivity index (χ2n) is 4.19. The molecule has 1 N–H and O–H groups in total. The molecular weight excluding hydrogens is 172 g/mol. The molecule has 0 heterocycles. The molecule has 86 valence electrons. The molecule has 2 nitrogen and oxygen atoms in total. The average molecular weight is 200 g/mol. The third kappa shape index (κ3) is 5.61. The summed E-state index contributed by atoms with van der Waals surface area (Å²) in [5.74, 6) is 0. The smallest absolute Gasteiger partial charge is 0.0110 e. The predicted octanol–water partition coefficient (Wildman–Crippen LogP) is 2.49. The monoisotopic (exact) mass is 200 g/mol. The van der Waals surface area contributed by atoms with E-state index in [4.69, 9.17) is 0 Å². The van der Waals surface area contributed by atoms with E-state index >= 15 is 0 Å². The summed E-state index contributed by atoms with van der Waals surface area (Å²) in [6.45, 7) is 14.7. The molecule has 0 aliphatic carbocycles. The number of rotatable bonds is 8. The molecule has 0 aliphatic rings. The Morgan fingerprint density at radius 2 is 1.64 bits per heavy atom. The summed E-state index contributed by atoms with van der Waals surface area (Å²) in [6, 6.07) is 1.38. The first kappa shape index (κ1) is 13.9. The van der Waals surface area contributed by atoms with E-state index in [9.17, 15) is 0 Å². The average Bonchev–Trinajstić information content (AvgIpc) is 2.18. The van der Waals surface area contributed by atoms with E-state index < -0.39 is 0 Å². The van der Waals surface area contributed by atoms with Crippen LogP contribution >= 0.6 is 0 Å². The highest BCUT2D eigenvalue weighted by Gasteiger charge is 2.07.